The average Bonchev–Trinajstić information content (AvgIpc) is 2.95. The van der Waals surface area contributed by atoms with Gasteiger partial charge in [-0.15, -0.1) is 0 Å². The van der Waals surface area contributed by atoms with E-state index < -0.39 is 0 Å². The zero-order valence-electron chi connectivity index (χ0n) is 10.6. The SMILES string of the molecule is CC(C)c1nsc(NCC2CCCC2CN)n1. The highest BCUT2D eigenvalue weighted by Gasteiger charge is 2.25. The zero-order chi connectivity index (χ0) is 12.3. The van der Waals surface area contributed by atoms with Crippen LogP contribution in [0.3, 0.4) is 0 Å². The molecule has 17 heavy (non-hydrogen) atoms. The van der Waals surface area contributed by atoms with Crippen LogP contribution in [-0.4, -0.2) is 22.4 Å². The maximum Gasteiger partial charge on any atom is 0.202 e. The van der Waals surface area contributed by atoms with E-state index in [2.05, 4.69) is 28.5 Å². The first-order chi connectivity index (χ1) is 8.20. The molecule has 2 rings (SSSR count). The first-order valence-electron chi connectivity index (χ1n) is 6.48. The van der Waals surface area contributed by atoms with E-state index >= 15 is 0 Å². The minimum absolute atomic E-state index is 0.407. The average molecular weight is 254 g/mol. The molecule has 0 aromatic carbocycles. The van der Waals surface area contributed by atoms with Crippen LogP contribution in [0.5, 0.6) is 0 Å². The second kappa shape index (κ2) is 5.78. The van der Waals surface area contributed by atoms with Gasteiger partial charge in [-0.05, 0) is 31.2 Å². The predicted molar refractivity (Wildman–Crippen MR) is 72.4 cm³/mol. The smallest absolute Gasteiger partial charge is 0.202 e. The van der Waals surface area contributed by atoms with E-state index in [1.807, 2.05) is 0 Å². The second-order valence-electron chi connectivity index (χ2n) is 5.18. The minimum Gasteiger partial charge on any atom is -0.360 e. The first-order valence-corrected chi connectivity index (χ1v) is 7.25. The standard InChI is InChI=1S/C12H22N4S/c1-8(2)11-15-12(17-16-11)14-7-10-5-3-4-9(10)6-13/h8-10H,3-7,13H2,1-2H3,(H,14,15,16). The van der Waals surface area contributed by atoms with Crippen molar-refractivity contribution >= 4 is 16.7 Å². The van der Waals surface area contributed by atoms with Gasteiger partial charge in [0.15, 0.2) is 0 Å². The Balaban J connectivity index is 1.84. The molecule has 2 atom stereocenters. The summed E-state index contributed by atoms with van der Waals surface area (Å²) in [6.07, 6.45) is 3.91. The third kappa shape index (κ3) is 3.16. The first kappa shape index (κ1) is 12.8. The summed E-state index contributed by atoms with van der Waals surface area (Å²) in [4.78, 5) is 4.49. The van der Waals surface area contributed by atoms with E-state index in [4.69, 9.17) is 5.73 Å². The van der Waals surface area contributed by atoms with E-state index in [0.29, 0.717) is 17.8 Å². The molecule has 0 saturated heterocycles. The maximum absolute atomic E-state index is 5.78. The van der Waals surface area contributed by atoms with Crippen LogP contribution < -0.4 is 11.1 Å². The van der Waals surface area contributed by atoms with Crippen molar-refractivity contribution in [1.29, 1.82) is 0 Å². The monoisotopic (exact) mass is 254 g/mol. The highest BCUT2D eigenvalue weighted by atomic mass is 32.1. The van der Waals surface area contributed by atoms with E-state index in [1.165, 1.54) is 30.8 Å². The summed E-state index contributed by atoms with van der Waals surface area (Å²) >= 11 is 1.47. The van der Waals surface area contributed by atoms with Crippen LogP contribution in [0.1, 0.15) is 44.9 Å². The van der Waals surface area contributed by atoms with Gasteiger partial charge in [-0.25, -0.2) is 4.98 Å². The Hall–Kier alpha value is -0.680. The van der Waals surface area contributed by atoms with Gasteiger partial charge < -0.3 is 11.1 Å². The Kier molecular flexibility index (Phi) is 4.34. The van der Waals surface area contributed by atoms with Crippen LogP contribution in [-0.2, 0) is 0 Å². The third-order valence-electron chi connectivity index (χ3n) is 3.59. The number of rotatable bonds is 5. The van der Waals surface area contributed by atoms with E-state index in [-0.39, 0.29) is 0 Å². The van der Waals surface area contributed by atoms with Gasteiger partial charge in [-0.2, -0.15) is 4.37 Å². The summed E-state index contributed by atoms with van der Waals surface area (Å²) in [6, 6.07) is 0. The molecule has 96 valence electrons. The van der Waals surface area contributed by atoms with E-state index in [1.54, 1.807) is 0 Å². The Labute approximate surface area is 107 Å². The fourth-order valence-corrected chi connectivity index (χ4v) is 3.17. The van der Waals surface area contributed by atoms with Gasteiger partial charge in [0.25, 0.3) is 0 Å². The number of nitrogens with one attached hydrogen (secondary N) is 1. The van der Waals surface area contributed by atoms with Gasteiger partial charge in [-0.3, -0.25) is 0 Å². The normalized spacial score (nSPS) is 24.5. The molecule has 0 aliphatic heterocycles. The van der Waals surface area contributed by atoms with Crippen molar-refractivity contribution in [2.24, 2.45) is 17.6 Å². The Morgan fingerprint density at radius 1 is 1.41 bits per heavy atom. The summed E-state index contributed by atoms with van der Waals surface area (Å²) in [5, 5.41) is 4.37. The lowest BCUT2D eigenvalue weighted by Crippen LogP contribution is -2.24. The minimum atomic E-state index is 0.407. The van der Waals surface area contributed by atoms with Gasteiger partial charge in [0.2, 0.25) is 5.13 Å². The summed E-state index contributed by atoms with van der Waals surface area (Å²) in [5.74, 6) is 2.76. The lowest BCUT2D eigenvalue weighted by molar-refractivity contribution is 0.414. The van der Waals surface area contributed by atoms with Crippen molar-refractivity contribution in [1.82, 2.24) is 9.36 Å². The lowest BCUT2D eigenvalue weighted by atomic mass is 9.96. The number of hydrogen-bond acceptors (Lipinski definition) is 5. The van der Waals surface area contributed by atoms with Crippen molar-refractivity contribution < 1.29 is 0 Å². The highest BCUT2D eigenvalue weighted by molar-refractivity contribution is 7.09. The van der Waals surface area contributed by atoms with Crippen molar-refractivity contribution in [3.8, 4) is 0 Å². The molecule has 5 heteroatoms. The highest BCUT2D eigenvalue weighted by Crippen LogP contribution is 2.31. The molecule has 0 amide bonds. The molecule has 1 aliphatic carbocycles. The Morgan fingerprint density at radius 2 is 2.18 bits per heavy atom. The molecule has 1 saturated carbocycles. The molecular weight excluding hydrogens is 232 g/mol. The molecule has 0 spiro atoms. The second-order valence-corrected chi connectivity index (χ2v) is 5.93. The Bertz CT molecular complexity index is 350. The van der Waals surface area contributed by atoms with Crippen LogP contribution in [0, 0.1) is 11.8 Å². The van der Waals surface area contributed by atoms with E-state index in [0.717, 1.165) is 24.0 Å². The molecule has 2 unspecified atom stereocenters. The fraction of sp³-hybridized carbons (Fsp3) is 0.833. The van der Waals surface area contributed by atoms with Crippen LogP contribution in [0.25, 0.3) is 0 Å². The predicted octanol–water partition coefficient (Wildman–Crippen LogP) is 2.45. The van der Waals surface area contributed by atoms with Crippen LogP contribution in [0.4, 0.5) is 5.13 Å². The summed E-state index contributed by atoms with van der Waals surface area (Å²) < 4.78 is 4.34. The molecular formula is C12H22N4S. The number of hydrogen-bond donors (Lipinski definition) is 2. The fourth-order valence-electron chi connectivity index (χ4n) is 2.45. The van der Waals surface area contributed by atoms with Crippen molar-refractivity contribution in [2.75, 3.05) is 18.4 Å². The number of anilines is 1. The maximum atomic E-state index is 5.78. The number of aromatic nitrogens is 2. The molecule has 0 bridgehead atoms. The Morgan fingerprint density at radius 3 is 2.82 bits per heavy atom. The summed E-state index contributed by atoms with van der Waals surface area (Å²) in [5.41, 5.74) is 5.78. The topological polar surface area (TPSA) is 63.8 Å². The van der Waals surface area contributed by atoms with Crippen molar-refractivity contribution in [3.63, 3.8) is 0 Å². The van der Waals surface area contributed by atoms with Gasteiger partial charge >= 0.3 is 0 Å². The van der Waals surface area contributed by atoms with Crippen molar-refractivity contribution in [3.05, 3.63) is 5.82 Å². The molecule has 3 N–H and O–H groups in total. The van der Waals surface area contributed by atoms with Crippen LogP contribution >= 0.6 is 11.5 Å². The quantitative estimate of drug-likeness (QED) is 0.847. The molecule has 1 heterocycles. The molecule has 4 nitrogen and oxygen atoms in total. The van der Waals surface area contributed by atoms with Crippen molar-refractivity contribution in [2.45, 2.75) is 39.0 Å². The van der Waals surface area contributed by atoms with E-state index in [9.17, 15) is 0 Å². The third-order valence-corrected chi connectivity index (χ3v) is 4.28. The molecule has 1 aromatic rings. The number of nitrogens with two attached hydrogens (primary N) is 1. The molecule has 1 aromatic heterocycles. The van der Waals surface area contributed by atoms with Gasteiger partial charge in [0.05, 0.1) is 0 Å². The lowest BCUT2D eigenvalue weighted by Gasteiger charge is -2.17. The van der Waals surface area contributed by atoms with Gasteiger partial charge in [-0.1, -0.05) is 20.3 Å². The zero-order valence-corrected chi connectivity index (χ0v) is 11.5. The molecule has 0 radical (unpaired) electrons. The molecule has 1 fully saturated rings. The summed E-state index contributed by atoms with van der Waals surface area (Å²) in [6.45, 7) is 6.05. The van der Waals surface area contributed by atoms with Crippen LogP contribution in [0.2, 0.25) is 0 Å². The largest absolute Gasteiger partial charge is 0.360 e. The van der Waals surface area contributed by atoms with Gasteiger partial charge in [0.1, 0.15) is 5.82 Å². The molecule has 1 aliphatic rings. The summed E-state index contributed by atoms with van der Waals surface area (Å²) in [7, 11) is 0. The number of nitrogens with zero attached hydrogens (tertiary/aromatic N) is 2. The van der Waals surface area contributed by atoms with Crippen LogP contribution in [0.15, 0.2) is 0 Å². The van der Waals surface area contributed by atoms with Gasteiger partial charge in [0, 0.05) is 24.0 Å².